The molecule has 1 aromatic heterocycles. The number of pyridine rings is 1. The van der Waals surface area contributed by atoms with Gasteiger partial charge in [-0.2, -0.15) is 0 Å². The molecule has 7 heteroatoms. The highest BCUT2D eigenvalue weighted by Crippen LogP contribution is 2.31. The molecule has 0 saturated heterocycles. The molecule has 29 heavy (non-hydrogen) atoms. The minimum atomic E-state index is -0.131. The Morgan fingerprint density at radius 1 is 1.00 bits per heavy atom. The van der Waals surface area contributed by atoms with Crippen molar-refractivity contribution >= 4 is 34.9 Å². The van der Waals surface area contributed by atoms with Crippen molar-refractivity contribution in [1.82, 2.24) is 9.88 Å². The minimum Gasteiger partial charge on any atom is -0.437 e. The van der Waals surface area contributed by atoms with E-state index in [1.165, 1.54) is 11.1 Å². The van der Waals surface area contributed by atoms with E-state index in [1.54, 1.807) is 36.5 Å². The van der Waals surface area contributed by atoms with Gasteiger partial charge in [0, 0.05) is 24.2 Å². The first-order chi connectivity index (χ1) is 14.1. The minimum absolute atomic E-state index is 0.131. The summed E-state index contributed by atoms with van der Waals surface area (Å²) in [4.78, 5) is 18.7. The normalized spacial score (nSPS) is 13.4. The van der Waals surface area contributed by atoms with Crippen LogP contribution < -0.4 is 10.1 Å². The predicted molar refractivity (Wildman–Crippen MR) is 115 cm³/mol. The summed E-state index contributed by atoms with van der Waals surface area (Å²) >= 11 is 12.0. The highest BCUT2D eigenvalue weighted by Gasteiger charge is 2.18. The number of carbonyl (C=O) groups is 1. The van der Waals surface area contributed by atoms with E-state index >= 15 is 0 Å². The number of urea groups is 1. The fourth-order valence-electron chi connectivity index (χ4n) is 3.26. The van der Waals surface area contributed by atoms with E-state index in [0.29, 0.717) is 40.5 Å². The number of carbonyl (C=O) groups excluding carboxylic acids is 1. The van der Waals surface area contributed by atoms with Crippen LogP contribution in [0.25, 0.3) is 0 Å². The van der Waals surface area contributed by atoms with Crippen LogP contribution in [0.3, 0.4) is 0 Å². The highest BCUT2D eigenvalue weighted by atomic mass is 35.5. The van der Waals surface area contributed by atoms with Crippen molar-refractivity contribution in [3.05, 3.63) is 82.0 Å². The molecular formula is C22H19Cl2N3O2. The lowest BCUT2D eigenvalue weighted by atomic mass is 10.0. The Kier molecular flexibility index (Phi) is 5.88. The molecule has 0 radical (unpaired) electrons. The molecule has 1 aliphatic heterocycles. The number of hydrogen-bond donors (Lipinski definition) is 1. The molecule has 148 valence electrons. The first kappa shape index (κ1) is 19.6. The molecule has 0 bridgehead atoms. The van der Waals surface area contributed by atoms with Gasteiger partial charge in [-0.3, -0.25) is 0 Å². The average molecular weight is 428 g/mol. The Hall–Kier alpha value is -2.76. The molecule has 2 heterocycles. The lowest BCUT2D eigenvalue weighted by molar-refractivity contribution is 0.214. The molecular weight excluding hydrogens is 409 g/mol. The standard InChI is InChI=1S/C22H19Cl2N3O2/c23-17-5-7-20(19(24)13-17)29-21-8-6-18(14-25-21)26-22(28)27-11-9-15-3-1-2-4-16(15)10-12-27/h1-8,13-14H,9-12H2,(H,26,28). The number of anilines is 1. The number of rotatable bonds is 3. The van der Waals surface area contributed by atoms with Crippen molar-refractivity contribution in [2.24, 2.45) is 0 Å². The average Bonchev–Trinajstić information content (AvgIpc) is 2.94. The van der Waals surface area contributed by atoms with E-state index in [2.05, 4.69) is 22.4 Å². The summed E-state index contributed by atoms with van der Waals surface area (Å²) in [7, 11) is 0. The summed E-state index contributed by atoms with van der Waals surface area (Å²) in [6, 6.07) is 16.6. The molecule has 0 aliphatic carbocycles. The largest absolute Gasteiger partial charge is 0.437 e. The van der Waals surface area contributed by atoms with Crippen LogP contribution in [0, 0.1) is 0 Å². The molecule has 4 rings (SSSR count). The van der Waals surface area contributed by atoms with Crippen LogP contribution in [0.4, 0.5) is 10.5 Å². The van der Waals surface area contributed by atoms with Crippen molar-refractivity contribution in [3.8, 4) is 11.6 Å². The summed E-state index contributed by atoms with van der Waals surface area (Å²) in [6.45, 7) is 1.37. The molecule has 2 aromatic carbocycles. The van der Waals surface area contributed by atoms with E-state index in [4.69, 9.17) is 27.9 Å². The maximum Gasteiger partial charge on any atom is 0.321 e. The Bertz CT molecular complexity index is 998. The summed E-state index contributed by atoms with van der Waals surface area (Å²) in [5.74, 6) is 0.835. The second-order valence-electron chi connectivity index (χ2n) is 6.75. The highest BCUT2D eigenvalue weighted by molar-refractivity contribution is 6.35. The van der Waals surface area contributed by atoms with Crippen LogP contribution in [-0.4, -0.2) is 29.0 Å². The smallest absolute Gasteiger partial charge is 0.321 e. The zero-order valence-electron chi connectivity index (χ0n) is 15.6. The van der Waals surface area contributed by atoms with Gasteiger partial charge in [-0.15, -0.1) is 0 Å². The van der Waals surface area contributed by atoms with Gasteiger partial charge in [-0.05, 0) is 48.2 Å². The topological polar surface area (TPSA) is 54.5 Å². The van der Waals surface area contributed by atoms with Crippen molar-refractivity contribution in [2.75, 3.05) is 18.4 Å². The fourth-order valence-corrected chi connectivity index (χ4v) is 3.71. The molecule has 0 atom stereocenters. The molecule has 0 saturated carbocycles. The lowest BCUT2D eigenvalue weighted by Crippen LogP contribution is -2.36. The predicted octanol–water partition coefficient (Wildman–Crippen LogP) is 5.81. The van der Waals surface area contributed by atoms with Crippen molar-refractivity contribution in [2.45, 2.75) is 12.8 Å². The van der Waals surface area contributed by atoms with Gasteiger partial charge in [0.05, 0.1) is 16.9 Å². The first-order valence-electron chi connectivity index (χ1n) is 9.30. The third-order valence-corrected chi connectivity index (χ3v) is 5.33. The second kappa shape index (κ2) is 8.72. The third kappa shape index (κ3) is 4.81. The van der Waals surface area contributed by atoms with Crippen molar-refractivity contribution in [3.63, 3.8) is 0 Å². The molecule has 2 amide bonds. The summed E-state index contributed by atoms with van der Waals surface area (Å²) in [6.07, 6.45) is 3.27. The Morgan fingerprint density at radius 3 is 2.34 bits per heavy atom. The van der Waals surface area contributed by atoms with Gasteiger partial charge < -0.3 is 15.0 Å². The second-order valence-corrected chi connectivity index (χ2v) is 7.59. The van der Waals surface area contributed by atoms with Gasteiger partial charge in [0.25, 0.3) is 0 Å². The van der Waals surface area contributed by atoms with Gasteiger partial charge >= 0.3 is 6.03 Å². The molecule has 5 nitrogen and oxygen atoms in total. The maximum atomic E-state index is 12.6. The van der Waals surface area contributed by atoms with E-state index in [9.17, 15) is 4.79 Å². The Labute approximate surface area is 179 Å². The number of nitrogens with one attached hydrogen (secondary N) is 1. The number of amides is 2. The first-order valence-corrected chi connectivity index (χ1v) is 10.1. The quantitative estimate of drug-likeness (QED) is 0.573. The number of nitrogens with zero attached hydrogens (tertiary/aromatic N) is 2. The number of hydrogen-bond acceptors (Lipinski definition) is 3. The van der Waals surface area contributed by atoms with E-state index in [-0.39, 0.29) is 6.03 Å². The van der Waals surface area contributed by atoms with Gasteiger partial charge in [-0.1, -0.05) is 47.5 Å². The summed E-state index contributed by atoms with van der Waals surface area (Å²) < 4.78 is 5.67. The molecule has 3 aromatic rings. The number of fused-ring (bicyclic) bond motifs is 1. The molecule has 0 fully saturated rings. The monoisotopic (exact) mass is 427 g/mol. The van der Waals surface area contributed by atoms with Gasteiger partial charge in [0.15, 0.2) is 0 Å². The van der Waals surface area contributed by atoms with Crippen LogP contribution in [0.2, 0.25) is 10.0 Å². The Balaban J connectivity index is 1.37. The Morgan fingerprint density at radius 2 is 1.72 bits per heavy atom. The van der Waals surface area contributed by atoms with E-state index in [1.807, 2.05) is 17.0 Å². The van der Waals surface area contributed by atoms with Gasteiger partial charge in [0.1, 0.15) is 5.75 Å². The number of aromatic nitrogens is 1. The van der Waals surface area contributed by atoms with Crippen LogP contribution in [-0.2, 0) is 12.8 Å². The van der Waals surface area contributed by atoms with E-state index in [0.717, 1.165) is 12.8 Å². The van der Waals surface area contributed by atoms with Crippen molar-refractivity contribution in [1.29, 1.82) is 0 Å². The summed E-state index contributed by atoms with van der Waals surface area (Å²) in [5, 5.41) is 3.84. The van der Waals surface area contributed by atoms with Crippen LogP contribution in [0.15, 0.2) is 60.8 Å². The number of benzene rings is 2. The molecule has 1 N–H and O–H groups in total. The summed E-state index contributed by atoms with van der Waals surface area (Å²) in [5.41, 5.74) is 3.23. The molecule has 0 spiro atoms. The number of halogens is 2. The van der Waals surface area contributed by atoms with Crippen LogP contribution in [0.1, 0.15) is 11.1 Å². The van der Waals surface area contributed by atoms with E-state index < -0.39 is 0 Å². The fraction of sp³-hybridized carbons (Fsp3) is 0.182. The number of ether oxygens (including phenoxy) is 1. The van der Waals surface area contributed by atoms with Crippen molar-refractivity contribution < 1.29 is 9.53 Å². The molecule has 1 aliphatic rings. The van der Waals surface area contributed by atoms with Gasteiger partial charge in [-0.25, -0.2) is 9.78 Å². The molecule has 0 unspecified atom stereocenters. The lowest BCUT2D eigenvalue weighted by Gasteiger charge is -2.20. The van der Waals surface area contributed by atoms with Gasteiger partial charge in [0.2, 0.25) is 5.88 Å². The zero-order chi connectivity index (χ0) is 20.2. The van der Waals surface area contributed by atoms with Crippen LogP contribution in [0.5, 0.6) is 11.6 Å². The third-order valence-electron chi connectivity index (χ3n) is 4.80. The zero-order valence-corrected chi connectivity index (χ0v) is 17.1. The SMILES string of the molecule is O=C(Nc1ccc(Oc2ccc(Cl)cc2Cl)nc1)N1CCc2ccccc2CC1. The maximum absolute atomic E-state index is 12.6. The van der Waals surface area contributed by atoms with Crippen LogP contribution >= 0.6 is 23.2 Å².